The molecule has 0 amide bonds. The number of ether oxygens (including phenoxy) is 3. The summed E-state index contributed by atoms with van der Waals surface area (Å²) >= 11 is 11.5. The van der Waals surface area contributed by atoms with Gasteiger partial charge in [-0.3, -0.25) is 0 Å². The van der Waals surface area contributed by atoms with E-state index >= 15 is 0 Å². The zero-order valence-corrected chi connectivity index (χ0v) is 15.3. The van der Waals surface area contributed by atoms with Gasteiger partial charge in [-0.15, -0.1) is 0 Å². The van der Waals surface area contributed by atoms with Crippen molar-refractivity contribution in [3.05, 3.63) is 41.4 Å². The highest BCUT2D eigenvalue weighted by molar-refractivity contribution is 7.80. The zero-order valence-electron chi connectivity index (χ0n) is 13.7. The fourth-order valence-electron chi connectivity index (χ4n) is 2.09. The van der Waals surface area contributed by atoms with E-state index in [-0.39, 0.29) is 0 Å². The van der Waals surface area contributed by atoms with E-state index in [2.05, 4.69) is 10.6 Å². The van der Waals surface area contributed by atoms with Gasteiger partial charge in [-0.2, -0.15) is 0 Å². The lowest BCUT2D eigenvalue weighted by molar-refractivity contribution is 0.342. The van der Waals surface area contributed by atoms with Crippen LogP contribution in [0.1, 0.15) is 6.92 Å². The molecule has 24 heavy (non-hydrogen) atoms. The summed E-state index contributed by atoms with van der Waals surface area (Å²) in [6.45, 7) is 2.50. The number of hydrogen-bond acceptors (Lipinski definition) is 4. The van der Waals surface area contributed by atoms with Crippen LogP contribution in [-0.4, -0.2) is 25.9 Å². The minimum absolute atomic E-state index is 0.393. The molecule has 2 aromatic rings. The average Bonchev–Trinajstić information content (AvgIpc) is 2.58. The molecule has 0 saturated carbocycles. The number of para-hydroxylation sites is 2. The lowest BCUT2D eigenvalue weighted by Gasteiger charge is -2.16. The molecule has 0 aliphatic carbocycles. The average molecular weight is 367 g/mol. The second-order valence-corrected chi connectivity index (χ2v) is 5.51. The van der Waals surface area contributed by atoms with Gasteiger partial charge in [0, 0.05) is 12.1 Å². The molecule has 0 aliphatic heterocycles. The highest BCUT2D eigenvalue weighted by Gasteiger charge is 2.12. The molecule has 2 aromatic carbocycles. The van der Waals surface area contributed by atoms with Crippen molar-refractivity contribution in [3.8, 4) is 17.2 Å². The maximum atomic E-state index is 6.10. The lowest BCUT2D eigenvalue weighted by atomic mass is 10.2. The maximum absolute atomic E-state index is 6.10. The van der Waals surface area contributed by atoms with Gasteiger partial charge in [0.2, 0.25) is 0 Å². The Morgan fingerprint density at radius 2 is 1.67 bits per heavy atom. The van der Waals surface area contributed by atoms with Gasteiger partial charge in [-0.1, -0.05) is 23.7 Å². The number of rotatable bonds is 6. The van der Waals surface area contributed by atoms with Gasteiger partial charge < -0.3 is 24.8 Å². The summed E-state index contributed by atoms with van der Waals surface area (Å²) in [6, 6.07) is 11.0. The Morgan fingerprint density at radius 3 is 2.33 bits per heavy atom. The van der Waals surface area contributed by atoms with Gasteiger partial charge in [-0.25, -0.2) is 0 Å². The molecule has 0 radical (unpaired) electrons. The number of benzene rings is 2. The van der Waals surface area contributed by atoms with Crippen LogP contribution in [-0.2, 0) is 0 Å². The minimum Gasteiger partial charge on any atom is -0.495 e. The van der Waals surface area contributed by atoms with E-state index in [1.54, 1.807) is 26.4 Å². The summed E-state index contributed by atoms with van der Waals surface area (Å²) in [6.07, 6.45) is 0. The van der Waals surface area contributed by atoms with Crippen molar-refractivity contribution in [1.29, 1.82) is 0 Å². The van der Waals surface area contributed by atoms with Crippen molar-refractivity contribution in [1.82, 2.24) is 0 Å². The van der Waals surface area contributed by atoms with E-state index in [1.165, 1.54) is 0 Å². The number of nitrogens with one attached hydrogen (secondary N) is 2. The van der Waals surface area contributed by atoms with Crippen LogP contribution in [0.25, 0.3) is 0 Å². The van der Waals surface area contributed by atoms with Crippen LogP contribution in [0.4, 0.5) is 11.4 Å². The largest absolute Gasteiger partial charge is 0.495 e. The van der Waals surface area contributed by atoms with E-state index in [0.717, 1.165) is 11.4 Å². The van der Waals surface area contributed by atoms with Crippen LogP contribution in [0.2, 0.25) is 5.02 Å². The molecule has 7 heteroatoms. The molecule has 0 fully saturated rings. The first-order valence-electron chi connectivity index (χ1n) is 7.30. The van der Waals surface area contributed by atoms with Gasteiger partial charge in [0.1, 0.15) is 17.2 Å². The SMILES string of the molecule is CCOc1ccccc1NC(=S)Nc1cc(OC)c(Cl)cc1OC. The van der Waals surface area contributed by atoms with Crippen molar-refractivity contribution in [2.24, 2.45) is 0 Å². The van der Waals surface area contributed by atoms with E-state index < -0.39 is 0 Å². The Hall–Kier alpha value is -2.18. The molecule has 128 valence electrons. The van der Waals surface area contributed by atoms with Crippen molar-refractivity contribution in [3.63, 3.8) is 0 Å². The van der Waals surface area contributed by atoms with Crippen LogP contribution >= 0.6 is 23.8 Å². The lowest BCUT2D eigenvalue weighted by Crippen LogP contribution is -2.20. The highest BCUT2D eigenvalue weighted by atomic mass is 35.5. The number of thiocarbonyl (C=S) groups is 1. The molecule has 0 unspecified atom stereocenters. The topological polar surface area (TPSA) is 51.8 Å². The second-order valence-electron chi connectivity index (χ2n) is 4.70. The predicted octanol–water partition coefficient (Wildman–Crippen LogP) is 4.56. The molecular weight excluding hydrogens is 348 g/mol. The van der Waals surface area contributed by atoms with E-state index in [4.69, 9.17) is 38.0 Å². The van der Waals surface area contributed by atoms with Crippen LogP contribution in [0, 0.1) is 0 Å². The zero-order chi connectivity index (χ0) is 17.5. The predicted molar refractivity (Wildman–Crippen MR) is 102 cm³/mol. The summed E-state index contributed by atoms with van der Waals surface area (Å²) in [7, 11) is 3.11. The smallest absolute Gasteiger partial charge is 0.175 e. The van der Waals surface area contributed by atoms with Crippen LogP contribution in [0.5, 0.6) is 17.2 Å². The molecule has 0 saturated heterocycles. The van der Waals surface area contributed by atoms with Gasteiger partial charge in [-0.05, 0) is 31.3 Å². The van der Waals surface area contributed by atoms with Crippen LogP contribution < -0.4 is 24.8 Å². The number of hydrogen-bond donors (Lipinski definition) is 2. The number of methoxy groups -OCH3 is 2. The van der Waals surface area contributed by atoms with E-state index in [1.807, 2.05) is 31.2 Å². The highest BCUT2D eigenvalue weighted by Crippen LogP contribution is 2.36. The summed E-state index contributed by atoms with van der Waals surface area (Å²) in [5.41, 5.74) is 1.42. The van der Waals surface area contributed by atoms with Crippen molar-refractivity contribution >= 4 is 40.3 Å². The quantitative estimate of drug-likeness (QED) is 0.731. The van der Waals surface area contributed by atoms with E-state index in [0.29, 0.717) is 33.9 Å². The van der Waals surface area contributed by atoms with Crippen molar-refractivity contribution in [2.45, 2.75) is 6.92 Å². The summed E-state index contributed by atoms with van der Waals surface area (Å²) < 4.78 is 16.1. The third-order valence-electron chi connectivity index (χ3n) is 3.16. The fourth-order valence-corrected chi connectivity index (χ4v) is 2.54. The Bertz CT molecular complexity index is 725. The minimum atomic E-state index is 0.393. The Labute approximate surface area is 151 Å². The maximum Gasteiger partial charge on any atom is 0.175 e. The Balaban J connectivity index is 2.18. The first kappa shape index (κ1) is 18.2. The Morgan fingerprint density at radius 1 is 1.00 bits per heavy atom. The Kier molecular flexibility index (Phi) is 6.52. The van der Waals surface area contributed by atoms with Crippen LogP contribution in [0.3, 0.4) is 0 Å². The monoisotopic (exact) mass is 366 g/mol. The summed E-state index contributed by atoms with van der Waals surface area (Å²) in [5, 5.41) is 7.05. The molecule has 0 atom stereocenters. The summed E-state index contributed by atoms with van der Waals surface area (Å²) in [4.78, 5) is 0. The molecule has 2 N–H and O–H groups in total. The molecule has 0 aliphatic rings. The molecule has 5 nitrogen and oxygen atoms in total. The fraction of sp³-hybridized carbons (Fsp3) is 0.235. The summed E-state index contributed by atoms with van der Waals surface area (Å²) in [5.74, 6) is 1.81. The van der Waals surface area contributed by atoms with E-state index in [9.17, 15) is 0 Å². The van der Waals surface area contributed by atoms with Crippen LogP contribution in [0.15, 0.2) is 36.4 Å². The normalized spacial score (nSPS) is 10.0. The molecule has 0 heterocycles. The third-order valence-corrected chi connectivity index (χ3v) is 3.66. The standard InChI is InChI=1S/C17H19ClN2O3S/c1-4-23-14-8-6-5-7-12(14)19-17(24)20-13-10-15(21-2)11(18)9-16(13)22-3/h5-10H,4H2,1-3H3,(H2,19,20,24). The first-order chi connectivity index (χ1) is 11.6. The molecule has 0 bridgehead atoms. The molecule has 2 rings (SSSR count). The van der Waals surface area contributed by atoms with Gasteiger partial charge >= 0.3 is 0 Å². The van der Waals surface area contributed by atoms with Crippen molar-refractivity contribution < 1.29 is 14.2 Å². The molecule has 0 aromatic heterocycles. The molecular formula is C17H19ClN2O3S. The van der Waals surface area contributed by atoms with Gasteiger partial charge in [0.25, 0.3) is 0 Å². The number of anilines is 2. The van der Waals surface area contributed by atoms with Crippen molar-refractivity contribution in [2.75, 3.05) is 31.5 Å². The van der Waals surface area contributed by atoms with Gasteiger partial charge in [0.05, 0.1) is 37.2 Å². The number of halogens is 1. The second kappa shape index (κ2) is 8.61. The molecule has 0 spiro atoms. The third kappa shape index (κ3) is 4.43. The first-order valence-corrected chi connectivity index (χ1v) is 8.09. The van der Waals surface area contributed by atoms with Gasteiger partial charge in [0.15, 0.2) is 5.11 Å².